The molecule has 0 unspecified atom stereocenters. The lowest BCUT2D eigenvalue weighted by Gasteiger charge is -2.11. The number of carbonyl (C=O) groups is 1. The number of oxime groups is 1. The van der Waals surface area contributed by atoms with Crippen LogP contribution in [0, 0.1) is 0 Å². The molecule has 0 radical (unpaired) electrons. The minimum atomic E-state index is -4.52. The maximum Gasteiger partial charge on any atom is 0.405 e. The molecule has 11 heteroatoms. The van der Waals surface area contributed by atoms with Crippen LogP contribution >= 0.6 is 0 Å². The number of halogens is 3. The summed E-state index contributed by atoms with van der Waals surface area (Å²) in [4.78, 5) is 11.3. The summed E-state index contributed by atoms with van der Waals surface area (Å²) in [6.45, 7) is -1.48. The van der Waals surface area contributed by atoms with E-state index in [1.165, 1.54) is 13.2 Å². The fourth-order valence-electron chi connectivity index (χ4n) is 1.16. The highest BCUT2D eigenvalue weighted by Gasteiger charge is 2.28. The number of nitrogens with two attached hydrogens (primary N) is 1. The number of rotatable bonds is 3. The van der Waals surface area contributed by atoms with E-state index >= 15 is 0 Å². The summed E-state index contributed by atoms with van der Waals surface area (Å²) in [6, 6.07) is -1.09. The zero-order valence-corrected chi connectivity index (χ0v) is 9.69. The summed E-state index contributed by atoms with van der Waals surface area (Å²) in [5.41, 5.74) is 5.40. The number of hydrogen-bond acceptors (Lipinski definition) is 4. The lowest BCUT2D eigenvalue weighted by Crippen LogP contribution is -2.37. The SMILES string of the molecule is Cn1ncc(C(N)=NO)c1NC(=O)NCC(F)(F)F. The van der Waals surface area contributed by atoms with E-state index in [1.54, 1.807) is 5.32 Å². The summed E-state index contributed by atoms with van der Waals surface area (Å²) in [5, 5.41) is 18.7. The molecule has 106 valence electrons. The number of aryl methyl sites for hydroxylation is 1. The molecule has 0 fully saturated rings. The van der Waals surface area contributed by atoms with E-state index in [4.69, 9.17) is 10.9 Å². The van der Waals surface area contributed by atoms with Crippen molar-refractivity contribution in [3.8, 4) is 0 Å². The van der Waals surface area contributed by atoms with Gasteiger partial charge in [0.15, 0.2) is 5.84 Å². The van der Waals surface area contributed by atoms with Crippen LogP contribution in [0.2, 0.25) is 0 Å². The fraction of sp³-hybridized carbons (Fsp3) is 0.375. The maximum absolute atomic E-state index is 11.9. The maximum atomic E-state index is 11.9. The molecule has 0 atom stereocenters. The normalized spacial score (nSPS) is 12.3. The van der Waals surface area contributed by atoms with Crippen LogP contribution in [-0.2, 0) is 7.05 Å². The van der Waals surface area contributed by atoms with Crippen molar-refractivity contribution < 1.29 is 23.2 Å². The highest BCUT2D eigenvalue weighted by molar-refractivity contribution is 6.04. The van der Waals surface area contributed by atoms with Gasteiger partial charge in [0.25, 0.3) is 0 Å². The number of alkyl halides is 3. The van der Waals surface area contributed by atoms with Gasteiger partial charge in [-0.25, -0.2) is 4.79 Å². The predicted molar refractivity (Wildman–Crippen MR) is 58.8 cm³/mol. The third-order valence-electron chi connectivity index (χ3n) is 2.00. The molecule has 0 aromatic carbocycles. The van der Waals surface area contributed by atoms with E-state index in [-0.39, 0.29) is 17.2 Å². The Morgan fingerprint density at radius 3 is 2.79 bits per heavy atom. The number of hydrogen-bond donors (Lipinski definition) is 4. The molecule has 0 aliphatic carbocycles. The van der Waals surface area contributed by atoms with Gasteiger partial charge >= 0.3 is 12.2 Å². The van der Waals surface area contributed by atoms with E-state index in [0.717, 1.165) is 4.68 Å². The number of amidine groups is 1. The van der Waals surface area contributed by atoms with Crippen LogP contribution in [0.5, 0.6) is 0 Å². The molecule has 19 heavy (non-hydrogen) atoms. The zero-order valence-electron chi connectivity index (χ0n) is 9.69. The molecule has 1 heterocycles. The topological polar surface area (TPSA) is 118 Å². The van der Waals surface area contributed by atoms with Crippen molar-refractivity contribution in [1.82, 2.24) is 15.1 Å². The molecule has 0 bridgehead atoms. The highest BCUT2D eigenvalue weighted by Crippen LogP contribution is 2.14. The molecule has 1 aromatic heterocycles. The molecule has 8 nitrogen and oxygen atoms in total. The Morgan fingerprint density at radius 2 is 2.26 bits per heavy atom. The van der Waals surface area contributed by atoms with Gasteiger partial charge in [-0.2, -0.15) is 18.3 Å². The summed E-state index contributed by atoms with van der Waals surface area (Å²) >= 11 is 0. The Morgan fingerprint density at radius 1 is 1.63 bits per heavy atom. The monoisotopic (exact) mass is 280 g/mol. The Labute approximate surface area is 105 Å². The first kappa shape index (κ1) is 14.6. The third-order valence-corrected chi connectivity index (χ3v) is 2.00. The van der Waals surface area contributed by atoms with Gasteiger partial charge in [0, 0.05) is 7.05 Å². The van der Waals surface area contributed by atoms with Crippen LogP contribution in [0.15, 0.2) is 11.4 Å². The summed E-state index contributed by atoms with van der Waals surface area (Å²) in [5.74, 6) is -0.339. The lowest BCUT2D eigenvalue weighted by atomic mass is 10.3. The number of nitrogens with one attached hydrogen (secondary N) is 2. The van der Waals surface area contributed by atoms with E-state index < -0.39 is 18.8 Å². The van der Waals surface area contributed by atoms with Crippen LogP contribution in [-0.4, -0.2) is 39.6 Å². The van der Waals surface area contributed by atoms with Crippen LogP contribution in [0.1, 0.15) is 5.56 Å². The average Bonchev–Trinajstić information content (AvgIpc) is 2.67. The summed E-state index contributed by atoms with van der Waals surface area (Å²) in [6.07, 6.45) is -3.33. The number of carbonyl (C=O) groups excluding carboxylic acids is 1. The van der Waals surface area contributed by atoms with Gasteiger partial charge in [0.2, 0.25) is 0 Å². The minimum Gasteiger partial charge on any atom is -0.409 e. The van der Waals surface area contributed by atoms with Crippen LogP contribution in [0.25, 0.3) is 0 Å². The first-order valence-corrected chi connectivity index (χ1v) is 4.86. The van der Waals surface area contributed by atoms with Gasteiger partial charge in [-0.1, -0.05) is 5.16 Å². The number of amides is 2. The van der Waals surface area contributed by atoms with Crippen molar-refractivity contribution in [2.45, 2.75) is 6.18 Å². The fourth-order valence-corrected chi connectivity index (χ4v) is 1.16. The van der Waals surface area contributed by atoms with E-state index in [2.05, 4.69) is 15.6 Å². The van der Waals surface area contributed by atoms with E-state index in [0.29, 0.717) is 0 Å². The lowest BCUT2D eigenvalue weighted by molar-refractivity contribution is -0.122. The molecule has 0 saturated carbocycles. The van der Waals surface area contributed by atoms with Gasteiger partial charge in [0.05, 0.1) is 11.8 Å². The quantitative estimate of drug-likeness (QED) is 0.274. The molecule has 0 aliphatic heterocycles. The second kappa shape index (κ2) is 5.46. The van der Waals surface area contributed by atoms with Crippen molar-refractivity contribution in [1.29, 1.82) is 0 Å². The molecular weight excluding hydrogens is 269 g/mol. The largest absolute Gasteiger partial charge is 0.409 e. The molecule has 0 saturated heterocycles. The molecule has 1 rings (SSSR count). The minimum absolute atomic E-state index is 0.00465. The standard InChI is InChI=1S/C8H11F3N6O2/c1-17-6(4(2-14-17)5(12)16-19)15-7(18)13-3-8(9,10)11/h2,19H,3H2,1H3,(H2,12,16)(H2,13,15,18). The Kier molecular flexibility index (Phi) is 4.19. The smallest absolute Gasteiger partial charge is 0.405 e. The molecule has 2 amide bonds. The van der Waals surface area contributed by atoms with Crippen LogP contribution in [0.3, 0.4) is 0 Å². The van der Waals surface area contributed by atoms with Crippen molar-refractivity contribution >= 4 is 17.7 Å². The van der Waals surface area contributed by atoms with Crippen molar-refractivity contribution in [2.75, 3.05) is 11.9 Å². The Balaban J connectivity index is 2.77. The van der Waals surface area contributed by atoms with Gasteiger partial charge in [-0.15, -0.1) is 0 Å². The molecule has 5 N–H and O–H groups in total. The second-order valence-electron chi connectivity index (χ2n) is 3.44. The first-order valence-electron chi connectivity index (χ1n) is 4.86. The van der Waals surface area contributed by atoms with Gasteiger partial charge < -0.3 is 16.3 Å². The molecule has 1 aromatic rings. The van der Waals surface area contributed by atoms with E-state index in [1.807, 2.05) is 0 Å². The summed E-state index contributed by atoms with van der Waals surface area (Å²) < 4.78 is 36.9. The average molecular weight is 280 g/mol. The Hall–Kier alpha value is -2.46. The van der Waals surface area contributed by atoms with Crippen molar-refractivity contribution in [3.05, 3.63) is 11.8 Å². The van der Waals surface area contributed by atoms with Gasteiger partial charge in [-0.05, 0) is 0 Å². The third kappa shape index (κ3) is 4.04. The number of urea groups is 1. The van der Waals surface area contributed by atoms with Crippen molar-refractivity contribution in [3.63, 3.8) is 0 Å². The van der Waals surface area contributed by atoms with Crippen LogP contribution < -0.4 is 16.4 Å². The van der Waals surface area contributed by atoms with Gasteiger partial charge in [0.1, 0.15) is 12.4 Å². The van der Waals surface area contributed by atoms with Crippen LogP contribution in [0.4, 0.5) is 23.8 Å². The van der Waals surface area contributed by atoms with E-state index in [9.17, 15) is 18.0 Å². The Bertz CT molecular complexity index is 495. The van der Waals surface area contributed by atoms with Crippen molar-refractivity contribution in [2.24, 2.45) is 17.9 Å². The number of aromatic nitrogens is 2. The molecule has 0 spiro atoms. The number of anilines is 1. The molecule has 0 aliphatic rings. The highest BCUT2D eigenvalue weighted by atomic mass is 19.4. The summed E-state index contributed by atoms with van der Waals surface area (Å²) in [7, 11) is 1.42. The zero-order chi connectivity index (χ0) is 14.6. The first-order chi connectivity index (χ1) is 8.74. The van der Waals surface area contributed by atoms with Gasteiger partial charge in [-0.3, -0.25) is 10.00 Å². The second-order valence-corrected chi connectivity index (χ2v) is 3.44. The molecular formula is C8H11F3N6O2. The predicted octanol–water partition coefficient (Wildman–Crippen LogP) is 0.198. The number of nitrogens with zero attached hydrogens (tertiary/aromatic N) is 3.